The number of amides is 5. The van der Waals surface area contributed by atoms with E-state index in [4.69, 9.17) is 32.7 Å². The number of carbonyl (C=O) groups excluding carboxylic acids is 9. The van der Waals surface area contributed by atoms with Crippen LogP contribution in [0.3, 0.4) is 0 Å². The number of rotatable bonds is 29. The first kappa shape index (κ1) is 73.8. The number of halogens is 1. The SMILES string of the molecule is CCC(=O)Nc1ccc2[nH]c(C(=O)Nc3ccc4[nH]c(C(=O)N5CC(CCl)c6c5cc(O)c5ccccc65)cc4c3)cc2c1.CCSSCC(NC(=O)C(CC(=O)O)CC(=O)C(N)CCC(=O)CCCNC(=O)c1ccc(NCc2cnc3nc(N)[nH]c(=O)c3n2)cc1)C(=O)O.O=C=O. The van der Waals surface area contributed by atoms with E-state index in [1.54, 1.807) is 72.5 Å². The van der Waals surface area contributed by atoms with Crippen molar-refractivity contribution < 1.29 is 68.1 Å². The quantitative estimate of drug-likeness (QED) is 0.0122. The average Bonchev–Trinajstić information content (AvgIpc) is 1.63. The van der Waals surface area contributed by atoms with Gasteiger partial charge in [-0.25, -0.2) is 14.8 Å². The summed E-state index contributed by atoms with van der Waals surface area (Å²) in [6, 6.07) is 27.8. The van der Waals surface area contributed by atoms with Crippen LogP contribution in [0.25, 0.3) is 43.7 Å². The van der Waals surface area contributed by atoms with Gasteiger partial charge >= 0.3 is 18.1 Å². The number of fused-ring (bicyclic) bond motifs is 6. The fourth-order valence-electron chi connectivity index (χ4n) is 10.7. The normalized spacial score (nSPS) is 13.1. The number of hydrogen-bond acceptors (Lipinski definition) is 21. The lowest BCUT2D eigenvalue weighted by Crippen LogP contribution is -2.46. The number of nitrogen functional groups attached to an aromatic ring is 1. The molecule has 0 saturated carbocycles. The van der Waals surface area contributed by atoms with E-state index in [2.05, 4.69) is 56.5 Å². The number of hydrogen-bond donors (Lipinski definition) is 13. The largest absolute Gasteiger partial charge is 0.507 e. The molecule has 9 aromatic rings. The average molecular weight is 1410 g/mol. The van der Waals surface area contributed by atoms with Crippen LogP contribution in [0.15, 0.2) is 114 Å². The van der Waals surface area contributed by atoms with E-state index in [9.17, 15) is 63.3 Å². The standard InChI is InChI=1S/C34H28ClN5O4.C32H41N9O9S2.CO2/c1-2-31(42)36-21-7-9-25-18(11-21)13-27(38-25)33(43)37-22-8-10-26-19(12-22)14-28(39-26)34(44)40-17-20(16-35)32-24-6-4-3-5-23(24)30(41)15-29(32)40;1-2-51-52-16-23(31(49)50)39-29(47)18(13-25(44)45)12-24(43)22(33)10-9-21(42)4-3-11-35-28(46)17-5-7-19(8-6-17)36-14-20-15-37-27-26(38-20)30(48)41-32(34)40-27;2-1-3/h3-15,20,38-39,41H,2,16-17H2,1H3,(H,36,42)(H,37,43);5-8,15,18,22-23,36H,2-4,9-14,16,33H2,1H3,(H,35,46)(H,39,47)(H,44,45)(H,49,50)(H3,34,37,40,41,48);. The first-order valence-electron chi connectivity index (χ1n) is 30.9. The minimum absolute atomic E-state index is 0.0213. The summed E-state index contributed by atoms with van der Waals surface area (Å²) in [7, 11) is 2.65. The first-order chi connectivity index (χ1) is 47.5. The van der Waals surface area contributed by atoms with Crippen LogP contribution in [0.1, 0.15) is 107 Å². The molecule has 0 saturated heterocycles. The molecule has 1 aliphatic heterocycles. The number of phenolic OH excluding ortho intramolecular Hbond substituents is 1. The Kier molecular flexibility index (Phi) is 26.0. The Labute approximate surface area is 576 Å². The van der Waals surface area contributed by atoms with Gasteiger partial charge in [0, 0.05) is 118 Å². The van der Waals surface area contributed by atoms with Gasteiger partial charge in [-0.3, -0.25) is 48.1 Å². The molecular weight excluding hydrogens is 1340 g/mol. The third-order valence-electron chi connectivity index (χ3n) is 15.6. The van der Waals surface area contributed by atoms with E-state index in [0.29, 0.717) is 70.7 Å². The maximum Gasteiger partial charge on any atom is 0.373 e. The third kappa shape index (κ3) is 19.6. The lowest BCUT2D eigenvalue weighted by molar-refractivity contribution is -0.192. The molecule has 0 spiro atoms. The summed E-state index contributed by atoms with van der Waals surface area (Å²) < 4.78 is 0. The van der Waals surface area contributed by atoms with Crippen LogP contribution in [0.4, 0.5) is 28.7 Å². The number of benzene rings is 5. The zero-order valence-corrected chi connectivity index (χ0v) is 55.7. The number of H-pyrrole nitrogens is 3. The Morgan fingerprint density at radius 1 is 0.788 bits per heavy atom. The second-order valence-electron chi connectivity index (χ2n) is 22.6. The van der Waals surface area contributed by atoms with Crippen LogP contribution in [0.5, 0.6) is 5.75 Å². The number of carboxylic acids is 2. The van der Waals surface area contributed by atoms with E-state index in [1.165, 1.54) is 27.8 Å². The molecule has 10 rings (SSSR count). The molecule has 15 N–H and O–H groups in total. The first-order valence-corrected chi connectivity index (χ1v) is 33.9. The molecule has 5 aromatic carbocycles. The van der Waals surface area contributed by atoms with E-state index in [-0.39, 0.29) is 102 Å². The molecule has 4 atom stereocenters. The molecule has 516 valence electrons. The van der Waals surface area contributed by atoms with Gasteiger partial charge in [0.05, 0.1) is 42.5 Å². The number of nitrogens with two attached hydrogens (primary N) is 2. The van der Waals surface area contributed by atoms with Crippen LogP contribution in [-0.4, -0.2) is 147 Å². The number of aromatic hydroxyl groups is 1. The van der Waals surface area contributed by atoms with Crippen molar-refractivity contribution in [1.82, 2.24) is 40.5 Å². The minimum atomic E-state index is -1.34. The maximum atomic E-state index is 13.8. The fraction of sp³-hybridized carbons (Fsp3) is 0.284. The van der Waals surface area contributed by atoms with Crippen LogP contribution in [-0.2, 0) is 44.9 Å². The van der Waals surface area contributed by atoms with E-state index >= 15 is 0 Å². The lowest BCUT2D eigenvalue weighted by atomic mass is 9.92. The molecule has 5 heterocycles. The summed E-state index contributed by atoms with van der Waals surface area (Å²) in [5.41, 5.74) is 17.9. The van der Waals surface area contributed by atoms with E-state index in [0.717, 1.165) is 43.9 Å². The van der Waals surface area contributed by atoms with Crippen molar-refractivity contribution in [3.05, 3.63) is 148 Å². The molecule has 5 amide bonds. The number of nitrogens with zero attached hydrogens (tertiary/aromatic N) is 4. The van der Waals surface area contributed by atoms with Gasteiger partial charge in [0.1, 0.15) is 34.7 Å². The monoisotopic (exact) mass is 1410 g/mol. The molecule has 0 radical (unpaired) electrons. The zero-order chi connectivity index (χ0) is 71.4. The third-order valence-corrected chi connectivity index (χ3v) is 18.5. The maximum absolute atomic E-state index is 13.8. The van der Waals surface area contributed by atoms with E-state index < -0.39 is 60.0 Å². The molecule has 0 bridgehead atoms. The summed E-state index contributed by atoms with van der Waals surface area (Å²) in [5, 5.41) is 46.5. The highest BCUT2D eigenvalue weighted by atomic mass is 35.5. The van der Waals surface area contributed by atoms with Gasteiger partial charge in [-0.2, -0.15) is 14.6 Å². The Morgan fingerprint density at radius 3 is 2.10 bits per heavy atom. The van der Waals surface area contributed by atoms with Crippen LogP contribution in [0, 0.1) is 5.92 Å². The number of carboxylic acid groups (broad SMARTS) is 2. The van der Waals surface area contributed by atoms with Crippen molar-refractivity contribution in [2.45, 2.75) is 83.3 Å². The highest BCUT2D eigenvalue weighted by molar-refractivity contribution is 8.76. The number of aromatic amines is 3. The molecule has 99 heavy (non-hydrogen) atoms. The van der Waals surface area contributed by atoms with Crippen molar-refractivity contribution in [1.29, 1.82) is 0 Å². The number of alkyl halides is 1. The highest BCUT2D eigenvalue weighted by Crippen LogP contribution is 2.46. The molecule has 4 aromatic heterocycles. The highest BCUT2D eigenvalue weighted by Gasteiger charge is 2.36. The minimum Gasteiger partial charge on any atom is -0.507 e. The van der Waals surface area contributed by atoms with Crippen molar-refractivity contribution in [3.63, 3.8) is 0 Å². The Balaban J connectivity index is 0.000000245. The Morgan fingerprint density at radius 2 is 1.44 bits per heavy atom. The number of aromatic nitrogens is 6. The Bertz CT molecular complexity index is 4620. The molecular formula is C67H69ClN14O15S2. The number of nitrogens with one attached hydrogen (secondary N) is 8. The molecule has 4 unspecified atom stereocenters. The molecule has 1 aliphatic rings. The summed E-state index contributed by atoms with van der Waals surface area (Å²) in [6.07, 6.45) is 1.29. The predicted octanol–water partition coefficient (Wildman–Crippen LogP) is 7.62. The van der Waals surface area contributed by atoms with Crippen LogP contribution in [0.2, 0.25) is 0 Å². The van der Waals surface area contributed by atoms with Crippen molar-refractivity contribution >= 4 is 165 Å². The van der Waals surface area contributed by atoms with Crippen molar-refractivity contribution in [2.75, 3.05) is 57.1 Å². The van der Waals surface area contributed by atoms with Gasteiger partial charge in [-0.05, 0) is 96.6 Å². The van der Waals surface area contributed by atoms with Crippen molar-refractivity contribution in [3.8, 4) is 5.75 Å². The predicted molar refractivity (Wildman–Crippen MR) is 375 cm³/mol. The number of aliphatic carboxylic acids is 2. The number of ketones is 2. The smallest absolute Gasteiger partial charge is 0.373 e. The number of Topliss-reactive ketones (excluding diaryl/α,β-unsaturated/α-hetero) is 2. The molecule has 29 nitrogen and oxygen atoms in total. The summed E-state index contributed by atoms with van der Waals surface area (Å²) in [5.74, 6) is -5.51. The molecule has 0 aliphatic carbocycles. The van der Waals surface area contributed by atoms with E-state index in [1.807, 2.05) is 49.4 Å². The summed E-state index contributed by atoms with van der Waals surface area (Å²) >= 11 is 6.35. The number of carbonyl (C=O) groups is 9. The zero-order valence-electron chi connectivity index (χ0n) is 53.3. The van der Waals surface area contributed by atoms with Crippen LogP contribution < -0.4 is 48.5 Å². The summed E-state index contributed by atoms with van der Waals surface area (Å²) in [6.45, 7) is 4.54. The van der Waals surface area contributed by atoms with Gasteiger partial charge in [0.15, 0.2) is 11.2 Å². The molecule has 32 heteroatoms. The lowest BCUT2D eigenvalue weighted by Gasteiger charge is -2.20. The van der Waals surface area contributed by atoms with Crippen LogP contribution >= 0.6 is 33.2 Å². The number of phenols is 1. The summed E-state index contributed by atoms with van der Waals surface area (Å²) in [4.78, 5) is 163. The second kappa shape index (κ2) is 34.8. The van der Waals surface area contributed by atoms with Gasteiger partial charge in [0.2, 0.25) is 17.8 Å². The van der Waals surface area contributed by atoms with Gasteiger partial charge in [-0.15, -0.1) is 11.6 Å². The Hall–Kier alpha value is -11.0. The van der Waals surface area contributed by atoms with Gasteiger partial charge < -0.3 is 68.2 Å². The fourth-order valence-corrected chi connectivity index (χ4v) is 12.8. The second-order valence-corrected chi connectivity index (χ2v) is 25.7. The topological polar surface area (TPSA) is 467 Å². The number of anilines is 5. The van der Waals surface area contributed by atoms with Gasteiger partial charge in [0.25, 0.3) is 23.3 Å². The van der Waals surface area contributed by atoms with Gasteiger partial charge in [-0.1, -0.05) is 59.7 Å². The van der Waals surface area contributed by atoms with Crippen molar-refractivity contribution in [2.24, 2.45) is 11.7 Å². The molecule has 0 fully saturated rings.